The van der Waals surface area contributed by atoms with Crippen LogP contribution in [0.2, 0.25) is 0 Å². The van der Waals surface area contributed by atoms with Crippen molar-refractivity contribution in [1.29, 1.82) is 0 Å². The van der Waals surface area contributed by atoms with Crippen LogP contribution in [-0.4, -0.2) is 26.5 Å². The summed E-state index contributed by atoms with van der Waals surface area (Å²) in [6.07, 6.45) is 0. The molecule has 0 fully saturated rings. The van der Waals surface area contributed by atoms with E-state index in [9.17, 15) is 13.2 Å². The van der Waals surface area contributed by atoms with Gasteiger partial charge in [0.2, 0.25) is 15.8 Å². The molecule has 0 bridgehead atoms. The van der Waals surface area contributed by atoms with Gasteiger partial charge in [-0.05, 0) is 37.4 Å². The number of nitrogens with one attached hydrogen (secondary N) is 2. The standard InChI is InChI=1S/C13H14N2O5S/c1-14-21(18,19)11-4-2-3-9(7-11)15-8-10-5-6-12(20-10)13(16)17/h2-7,14-15H,8H2,1H3,(H,16,17). The van der Waals surface area contributed by atoms with Crippen LogP contribution in [0.4, 0.5) is 5.69 Å². The van der Waals surface area contributed by atoms with Crippen LogP contribution in [0.25, 0.3) is 0 Å². The highest BCUT2D eigenvalue weighted by atomic mass is 32.2. The summed E-state index contributed by atoms with van der Waals surface area (Å²) in [5.41, 5.74) is 0.583. The summed E-state index contributed by atoms with van der Waals surface area (Å²) in [4.78, 5) is 10.8. The fourth-order valence-electron chi connectivity index (χ4n) is 1.67. The Balaban J connectivity index is 2.10. The third-order valence-corrected chi connectivity index (χ3v) is 4.16. The lowest BCUT2D eigenvalue weighted by atomic mass is 10.3. The largest absolute Gasteiger partial charge is 0.475 e. The zero-order valence-electron chi connectivity index (χ0n) is 11.2. The van der Waals surface area contributed by atoms with Crippen LogP contribution in [0.5, 0.6) is 0 Å². The predicted octanol–water partition coefficient (Wildman–Crippen LogP) is 1.50. The molecule has 0 unspecified atom stereocenters. The van der Waals surface area contributed by atoms with Gasteiger partial charge in [-0.1, -0.05) is 6.07 Å². The Hall–Kier alpha value is -2.32. The van der Waals surface area contributed by atoms with Gasteiger partial charge in [-0.3, -0.25) is 0 Å². The van der Waals surface area contributed by atoms with E-state index in [0.717, 1.165) is 0 Å². The maximum absolute atomic E-state index is 11.7. The third-order valence-electron chi connectivity index (χ3n) is 2.75. The van der Waals surface area contributed by atoms with Crippen molar-refractivity contribution in [2.45, 2.75) is 11.4 Å². The molecule has 0 aliphatic rings. The molecule has 0 saturated heterocycles. The van der Waals surface area contributed by atoms with Crippen molar-refractivity contribution in [1.82, 2.24) is 4.72 Å². The minimum atomic E-state index is -3.50. The number of hydrogen-bond acceptors (Lipinski definition) is 5. The van der Waals surface area contributed by atoms with Gasteiger partial charge in [0.05, 0.1) is 11.4 Å². The number of carboxylic acid groups (broad SMARTS) is 1. The summed E-state index contributed by atoms with van der Waals surface area (Å²) >= 11 is 0. The molecule has 1 aromatic carbocycles. The highest BCUT2D eigenvalue weighted by molar-refractivity contribution is 7.89. The van der Waals surface area contributed by atoms with Crippen molar-refractivity contribution >= 4 is 21.7 Å². The molecule has 0 radical (unpaired) electrons. The molecule has 1 aromatic heterocycles. The number of hydrogen-bond donors (Lipinski definition) is 3. The van der Waals surface area contributed by atoms with Gasteiger partial charge >= 0.3 is 5.97 Å². The van der Waals surface area contributed by atoms with Crippen molar-refractivity contribution in [3.63, 3.8) is 0 Å². The second-order valence-corrected chi connectivity index (χ2v) is 6.05. The first-order chi connectivity index (χ1) is 9.92. The van der Waals surface area contributed by atoms with Crippen molar-refractivity contribution in [2.75, 3.05) is 12.4 Å². The van der Waals surface area contributed by atoms with Gasteiger partial charge in [-0.25, -0.2) is 17.9 Å². The van der Waals surface area contributed by atoms with Gasteiger partial charge in [0.1, 0.15) is 5.76 Å². The highest BCUT2D eigenvalue weighted by Crippen LogP contribution is 2.16. The summed E-state index contributed by atoms with van der Waals surface area (Å²) in [6, 6.07) is 9.18. The molecule has 21 heavy (non-hydrogen) atoms. The number of furan rings is 1. The van der Waals surface area contributed by atoms with E-state index in [1.807, 2.05) is 0 Å². The maximum Gasteiger partial charge on any atom is 0.371 e. The molecular weight excluding hydrogens is 296 g/mol. The molecule has 0 aliphatic carbocycles. The number of benzene rings is 1. The van der Waals surface area contributed by atoms with E-state index in [-0.39, 0.29) is 17.2 Å². The normalized spacial score (nSPS) is 11.3. The van der Waals surface area contributed by atoms with Crippen LogP contribution in [0, 0.1) is 0 Å². The summed E-state index contributed by atoms with van der Waals surface area (Å²) in [6.45, 7) is 0.246. The van der Waals surface area contributed by atoms with Gasteiger partial charge in [0.15, 0.2) is 0 Å². The van der Waals surface area contributed by atoms with Crippen LogP contribution in [0.3, 0.4) is 0 Å². The van der Waals surface area contributed by atoms with E-state index in [2.05, 4.69) is 10.0 Å². The Morgan fingerprint density at radius 3 is 2.67 bits per heavy atom. The Labute approximate surface area is 121 Å². The van der Waals surface area contributed by atoms with Crippen LogP contribution in [0.15, 0.2) is 45.7 Å². The lowest BCUT2D eigenvalue weighted by Crippen LogP contribution is -2.18. The van der Waals surface area contributed by atoms with E-state index >= 15 is 0 Å². The topological polar surface area (TPSA) is 109 Å². The van der Waals surface area contributed by atoms with E-state index < -0.39 is 16.0 Å². The van der Waals surface area contributed by atoms with E-state index in [0.29, 0.717) is 11.4 Å². The second-order valence-electron chi connectivity index (χ2n) is 4.16. The van der Waals surface area contributed by atoms with Gasteiger partial charge in [0, 0.05) is 5.69 Å². The summed E-state index contributed by atoms with van der Waals surface area (Å²) < 4.78 is 30.7. The van der Waals surface area contributed by atoms with Gasteiger partial charge in [-0.2, -0.15) is 0 Å². The first-order valence-corrected chi connectivity index (χ1v) is 7.50. The van der Waals surface area contributed by atoms with E-state index in [1.165, 1.54) is 25.2 Å². The molecule has 0 saturated carbocycles. The molecular formula is C13H14N2O5S. The molecule has 0 aliphatic heterocycles. The van der Waals surface area contributed by atoms with E-state index in [4.69, 9.17) is 9.52 Å². The number of rotatable bonds is 6. The Bertz CT molecular complexity index is 751. The minimum Gasteiger partial charge on any atom is -0.475 e. The molecule has 0 atom stereocenters. The monoisotopic (exact) mass is 310 g/mol. The zero-order valence-corrected chi connectivity index (χ0v) is 12.0. The summed E-state index contributed by atoms with van der Waals surface area (Å²) in [5.74, 6) is -0.837. The lowest BCUT2D eigenvalue weighted by Gasteiger charge is -2.07. The summed E-state index contributed by atoms with van der Waals surface area (Å²) in [7, 11) is -2.16. The van der Waals surface area contributed by atoms with Crippen LogP contribution >= 0.6 is 0 Å². The molecule has 7 nitrogen and oxygen atoms in total. The van der Waals surface area contributed by atoms with Gasteiger partial charge in [-0.15, -0.1) is 0 Å². The molecule has 2 rings (SSSR count). The van der Waals surface area contributed by atoms with Crippen LogP contribution in [-0.2, 0) is 16.6 Å². The molecule has 2 aromatic rings. The van der Waals surface area contributed by atoms with E-state index in [1.54, 1.807) is 18.2 Å². The SMILES string of the molecule is CNS(=O)(=O)c1cccc(NCc2ccc(C(=O)O)o2)c1. The van der Waals surface area contributed by atoms with Crippen molar-refractivity contribution in [3.8, 4) is 0 Å². The third kappa shape index (κ3) is 3.61. The second kappa shape index (κ2) is 5.98. The van der Waals surface area contributed by atoms with Gasteiger partial charge < -0.3 is 14.8 Å². The Morgan fingerprint density at radius 2 is 2.05 bits per heavy atom. The van der Waals surface area contributed by atoms with Crippen molar-refractivity contribution < 1.29 is 22.7 Å². The number of carboxylic acids is 1. The first kappa shape index (κ1) is 15.1. The predicted molar refractivity (Wildman–Crippen MR) is 75.7 cm³/mol. The van der Waals surface area contributed by atoms with Crippen molar-refractivity contribution in [3.05, 3.63) is 47.9 Å². The molecule has 0 amide bonds. The quantitative estimate of drug-likeness (QED) is 0.746. The number of carbonyl (C=O) groups is 1. The van der Waals surface area contributed by atoms with Gasteiger partial charge in [0.25, 0.3) is 0 Å². The average Bonchev–Trinajstić information content (AvgIpc) is 2.94. The van der Waals surface area contributed by atoms with Crippen LogP contribution in [0.1, 0.15) is 16.3 Å². The molecule has 3 N–H and O–H groups in total. The smallest absolute Gasteiger partial charge is 0.371 e. The fraction of sp³-hybridized carbons (Fsp3) is 0.154. The molecule has 8 heteroatoms. The summed E-state index contributed by atoms with van der Waals surface area (Å²) in [5, 5.41) is 11.7. The number of anilines is 1. The first-order valence-electron chi connectivity index (χ1n) is 6.02. The number of aromatic carboxylic acids is 1. The maximum atomic E-state index is 11.7. The lowest BCUT2D eigenvalue weighted by molar-refractivity contribution is 0.0660. The fourth-order valence-corrected chi connectivity index (χ4v) is 2.44. The minimum absolute atomic E-state index is 0.140. The molecule has 0 spiro atoms. The average molecular weight is 310 g/mol. The zero-order chi connectivity index (χ0) is 15.5. The molecule has 112 valence electrons. The number of sulfonamides is 1. The van der Waals surface area contributed by atoms with Crippen molar-refractivity contribution in [2.24, 2.45) is 0 Å². The van der Waals surface area contributed by atoms with Crippen LogP contribution < -0.4 is 10.0 Å². The Kier molecular flexibility index (Phi) is 4.29. The Morgan fingerprint density at radius 1 is 1.29 bits per heavy atom. The molecule has 1 heterocycles. The highest BCUT2D eigenvalue weighted by Gasteiger charge is 2.12.